The van der Waals surface area contributed by atoms with Crippen molar-refractivity contribution >= 4 is 101 Å². The van der Waals surface area contributed by atoms with Crippen LogP contribution in [0.4, 0.5) is 22.7 Å². The summed E-state index contributed by atoms with van der Waals surface area (Å²) in [5, 5.41) is 6.06. The summed E-state index contributed by atoms with van der Waals surface area (Å²) >= 11 is 0. The predicted octanol–water partition coefficient (Wildman–Crippen LogP) is 17.4. The molecule has 13 aromatic rings. The molecule has 0 atom stereocenters. The van der Waals surface area contributed by atoms with Crippen LogP contribution in [0.15, 0.2) is 194 Å². The van der Waals surface area contributed by atoms with Gasteiger partial charge in [0.1, 0.15) is 5.82 Å². The second-order valence-electron chi connectivity index (χ2n) is 22.2. The van der Waals surface area contributed by atoms with E-state index in [1.165, 1.54) is 14.7 Å². The van der Waals surface area contributed by atoms with Crippen LogP contribution in [0.2, 0.25) is 19.6 Å². The minimum Gasteiger partial charge on any atom is -0.509 e. The minimum absolute atomic E-state index is 0. The Morgan fingerprint density at radius 2 is 1.13 bits per heavy atom. The van der Waals surface area contributed by atoms with Gasteiger partial charge in [-0.3, -0.25) is 0 Å². The van der Waals surface area contributed by atoms with Gasteiger partial charge in [-0.25, -0.2) is 4.98 Å². The zero-order valence-corrected chi connectivity index (χ0v) is 47.2. The first-order valence-corrected chi connectivity index (χ1v) is 29.6. The summed E-state index contributed by atoms with van der Waals surface area (Å²) in [4.78, 5) is 9.20. The van der Waals surface area contributed by atoms with Gasteiger partial charge in [0.15, 0.2) is 0 Å². The van der Waals surface area contributed by atoms with Gasteiger partial charge in [-0.2, -0.15) is 17.3 Å². The molecule has 386 valence electrons. The first-order valence-electron chi connectivity index (χ1n) is 29.1. The van der Waals surface area contributed by atoms with Crippen molar-refractivity contribution in [1.29, 1.82) is 0 Å². The number of ether oxygens (including phenoxy) is 1. The van der Waals surface area contributed by atoms with Crippen LogP contribution < -0.4 is 19.7 Å². The van der Waals surface area contributed by atoms with Crippen molar-refractivity contribution in [3.05, 3.63) is 219 Å². The number of aryl methyl sites for hydroxylation is 2. The van der Waals surface area contributed by atoms with Crippen LogP contribution in [0.1, 0.15) is 34.6 Å². The summed E-state index contributed by atoms with van der Waals surface area (Å²) in [5.41, 5.74) is 10.9. The van der Waals surface area contributed by atoms with E-state index >= 15 is 0 Å². The molecule has 1 aliphatic heterocycles. The van der Waals surface area contributed by atoms with Gasteiger partial charge < -0.3 is 28.2 Å². The minimum atomic E-state index is -2.70. The normalized spacial score (nSPS) is 14.4. The first-order chi connectivity index (χ1) is 39.7. The summed E-state index contributed by atoms with van der Waals surface area (Å²) in [5.74, 6) is 1.77. The Kier molecular flexibility index (Phi) is 10.2. The number of fused-ring (bicyclic) bond motifs is 10. The van der Waals surface area contributed by atoms with Gasteiger partial charge in [-0.05, 0) is 63.9 Å². The predicted molar refractivity (Wildman–Crippen MR) is 325 cm³/mol. The second kappa shape index (κ2) is 18.5. The zero-order chi connectivity index (χ0) is 57.5. The zero-order valence-electron chi connectivity index (χ0n) is 50.0. The van der Waals surface area contributed by atoms with Crippen molar-refractivity contribution in [2.45, 2.75) is 45.8 Å². The van der Waals surface area contributed by atoms with Crippen molar-refractivity contribution in [3.63, 3.8) is 0 Å². The molecule has 4 aromatic heterocycles. The van der Waals surface area contributed by atoms with E-state index in [2.05, 4.69) is 135 Å². The fourth-order valence-corrected chi connectivity index (χ4v) is 12.9. The number of rotatable bonds is 8. The molecule has 0 spiro atoms. The van der Waals surface area contributed by atoms with Crippen LogP contribution in [0, 0.1) is 18.8 Å². The molecule has 9 aromatic carbocycles. The number of hydrogen-bond donors (Lipinski definition) is 0. The van der Waals surface area contributed by atoms with Gasteiger partial charge in [-0.1, -0.05) is 173 Å². The van der Waals surface area contributed by atoms with Gasteiger partial charge in [0.25, 0.3) is 0 Å². The summed E-state index contributed by atoms with van der Waals surface area (Å²) in [7, 11) is -2.12. The Labute approximate surface area is 479 Å². The third-order valence-corrected chi connectivity index (χ3v) is 17.4. The number of para-hydroxylation sites is 5. The summed E-state index contributed by atoms with van der Waals surface area (Å²) in [6.07, 6.45) is 1.99. The van der Waals surface area contributed by atoms with Crippen LogP contribution in [-0.4, -0.2) is 26.8 Å². The smallest absolute Gasteiger partial charge is 0.135 e. The Balaban J connectivity index is 0.00000658. The first kappa shape index (κ1) is 42.9. The van der Waals surface area contributed by atoms with Gasteiger partial charge in [0.05, 0.1) is 24.8 Å². The van der Waals surface area contributed by atoms with E-state index in [0.29, 0.717) is 61.4 Å². The molecular weight excluding hydrogens is 1150 g/mol. The summed E-state index contributed by atoms with van der Waals surface area (Å²) in [6.45, 7) is 10.1. The van der Waals surface area contributed by atoms with Crippen LogP contribution in [0.5, 0.6) is 11.5 Å². The Bertz CT molecular complexity index is 4660. The Hall–Kier alpha value is -8.16. The van der Waals surface area contributed by atoms with Crippen molar-refractivity contribution < 1.29 is 34.0 Å². The van der Waals surface area contributed by atoms with Crippen LogP contribution >= 0.6 is 0 Å². The average molecular weight is 1220 g/mol. The van der Waals surface area contributed by atoms with Crippen molar-refractivity contribution in [3.8, 4) is 39.6 Å². The van der Waals surface area contributed by atoms with E-state index in [4.69, 9.17) is 9.72 Å². The number of anilines is 4. The fraction of sp³-hybridized carbons (Fsp3) is 0.130. The topological polar surface area (TPSA) is 43.4 Å². The molecule has 0 amide bonds. The molecule has 0 aliphatic carbocycles. The monoisotopic (exact) mass is 1210 g/mol. The van der Waals surface area contributed by atoms with E-state index in [1.807, 2.05) is 133 Å². The fourth-order valence-electron chi connectivity index (χ4n) is 11.7. The molecule has 78 heavy (non-hydrogen) atoms. The molecular formula is C69H57N6OPtSi-3. The molecule has 14 rings (SSSR count). The Morgan fingerprint density at radius 1 is 0.564 bits per heavy atom. The number of pyridine rings is 1. The average Bonchev–Trinajstić information content (AvgIpc) is 1.61. The van der Waals surface area contributed by atoms with Crippen LogP contribution in [-0.2, 0) is 40.4 Å². The number of hydrogen-bond acceptors (Lipinski definition) is 4. The molecule has 0 N–H and O–H groups in total. The molecule has 1 aliphatic rings. The van der Waals surface area contributed by atoms with E-state index in [9.17, 15) is 8.22 Å². The largest absolute Gasteiger partial charge is 0.509 e. The molecule has 7 nitrogen and oxygen atoms in total. The quantitative estimate of drug-likeness (QED) is 0.112. The van der Waals surface area contributed by atoms with Crippen molar-refractivity contribution in [2.24, 2.45) is 14.0 Å². The number of nitrogens with zero attached hydrogens (tertiary/aromatic N) is 6. The molecule has 5 heterocycles. The van der Waals surface area contributed by atoms with Gasteiger partial charge in [0.2, 0.25) is 0 Å². The molecule has 0 bridgehead atoms. The maximum absolute atomic E-state index is 9.32. The van der Waals surface area contributed by atoms with Gasteiger partial charge in [0, 0.05) is 122 Å². The van der Waals surface area contributed by atoms with E-state index in [-0.39, 0.29) is 26.5 Å². The number of benzene rings is 9. The van der Waals surface area contributed by atoms with Crippen molar-refractivity contribution in [1.82, 2.24) is 18.7 Å². The standard InChI is InChI=1S/C69H57N6OSi.Pt/c1-69(2,3)55-41-62(70-42-54(55)44-23-11-9-12-24-44)75-58-32-20-15-27-50(58)51-36-35-47(40-61(51)75)76-48-37-46(38-49(39-48)77(6,7)8)73-43-74(60-34-22-21-33-59(60)73)68-66-64(52-28-16-18-30-56(52)71(66)4)63(45-25-13-10-14-26-45)65-53-29-17-19-31-57(53)72(5)67(65)68;/h9-36,38-39,41-43H,1-8H3;/q-3;/i4D3,5D3;. The SMILES string of the molecule is [2H]C([2H])([2H])n1c2ccccc2c2c(-c3ccccc3)c3c4ccccc4n(C([2H])([2H])[2H])c3c(N3[CH-]N(c4[c-]c(Oc5[c-]c6c(cc5)c5ccccc5n6-c5cc(C(C)(C)C)c(-c6ccccc6)cn5)cc([Si](C)(C)C)c4)c4ccccc43)c21.[Pt]. The van der Waals surface area contributed by atoms with Crippen LogP contribution in [0.3, 0.4) is 0 Å². The summed E-state index contributed by atoms with van der Waals surface area (Å²) in [6, 6.07) is 69.7. The molecule has 0 radical (unpaired) electrons. The molecule has 9 heteroatoms. The summed E-state index contributed by atoms with van der Waals surface area (Å²) < 4.78 is 67.9. The van der Waals surface area contributed by atoms with Crippen LogP contribution in [0.25, 0.3) is 93.5 Å². The second-order valence-corrected chi connectivity index (χ2v) is 27.3. The van der Waals surface area contributed by atoms with E-state index in [1.54, 1.807) is 0 Å². The van der Waals surface area contributed by atoms with E-state index in [0.717, 1.165) is 71.5 Å². The maximum atomic E-state index is 9.32. The third kappa shape index (κ3) is 7.74. The van der Waals surface area contributed by atoms with Gasteiger partial charge >= 0.3 is 0 Å². The van der Waals surface area contributed by atoms with Crippen molar-refractivity contribution in [2.75, 3.05) is 9.80 Å². The molecule has 0 saturated carbocycles. The molecule has 0 saturated heterocycles. The molecule has 0 fully saturated rings. The maximum Gasteiger partial charge on any atom is 0.135 e. The van der Waals surface area contributed by atoms with Gasteiger partial charge in [-0.15, -0.1) is 42.0 Å². The number of aromatic nitrogens is 4. The Morgan fingerprint density at radius 3 is 1.74 bits per heavy atom. The molecule has 0 unspecified atom stereocenters. The van der Waals surface area contributed by atoms with E-state index < -0.39 is 22.0 Å². The third-order valence-electron chi connectivity index (χ3n) is 15.4.